The normalized spacial score (nSPS) is 16.4. The van der Waals surface area contributed by atoms with E-state index < -0.39 is 5.97 Å². The molecule has 0 amide bonds. The van der Waals surface area contributed by atoms with Crippen LogP contribution in [0.3, 0.4) is 0 Å². The molecule has 1 heterocycles. The van der Waals surface area contributed by atoms with Gasteiger partial charge in [-0.2, -0.15) is 4.98 Å². The number of aromatic nitrogens is 2. The highest BCUT2D eigenvalue weighted by molar-refractivity contribution is 5.67. The number of hydrogen-bond acceptors (Lipinski definition) is 7. The number of rotatable bonds is 15. The van der Waals surface area contributed by atoms with E-state index in [9.17, 15) is 9.90 Å². The highest BCUT2D eigenvalue weighted by Gasteiger charge is 2.23. The molecule has 1 N–H and O–H groups in total. The van der Waals surface area contributed by atoms with Crippen LogP contribution in [0.1, 0.15) is 75.4 Å². The number of carboxylic acid groups (broad SMARTS) is 1. The third-order valence-electron chi connectivity index (χ3n) is 5.73. The second-order valence-corrected chi connectivity index (χ2v) is 8.04. The van der Waals surface area contributed by atoms with Crippen molar-refractivity contribution >= 4 is 5.97 Å². The minimum absolute atomic E-state index is 0.0311. The standard InChI is InChI=1S/C21H37N3O5/c1-27-13-11-24(12-14-28-2)16-19-22-21(29-23-19)18(15-20(25)26)10-6-9-17-7-4-3-5-8-17/h17-18H,3-16H2,1-2H3,(H,25,26)/t18-/m1/s1. The fraction of sp³-hybridized carbons (Fsp3) is 0.857. The molecule has 0 bridgehead atoms. The summed E-state index contributed by atoms with van der Waals surface area (Å²) in [4.78, 5) is 18.0. The van der Waals surface area contributed by atoms with Crippen LogP contribution in [0.15, 0.2) is 4.52 Å². The number of carboxylic acids is 1. The van der Waals surface area contributed by atoms with Gasteiger partial charge in [0.2, 0.25) is 5.89 Å². The summed E-state index contributed by atoms with van der Waals surface area (Å²) in [7, 11) is 3.34. The Morgan fingerprint density at radius 3 is 2.52 bits per heavy atom. The Morgan fingerprint density at radius 1 is 1.21 bits per heavy atom. The quantitative estimate of drug-likeness (QED) is 0.468. The zero-order valence-electron chi connectivity index (χ0n) is 18.0. The van der Waals surface area contributed by atoms with Gasteiger partial charge in [0.05, 0.1) is 26.2 Å². The summed E-state index contributed by atoms with van der Waals surface area (Å²) in [5, 5.41) is 13.4. The zero-order chi connectivity index (χ0) is 20.9. The van der Waals surface area contributed by atoms with Crippen LogP contribution in [0.4, 0.5) is 0 Å². The van der Waals surface area contributed by atoms with Gasteiger partial charge in [-0.15, -0.1) is 0 Å². The van der Waals surface area contributed by atoms with E-state index in [4.69, 9.17) is 14.0 Å². The number of aliphatic carboxylic acids is 1. The summed E-state index contributed by atoms with van der Waals surface area (Å²) in [6.45, 7) is 3.22. The first kappa shape index (κ1) is 23.8. The Hall–Kier alpha value is -1.51. The molecule has 29 heavy (non-hydrogen) atoms. The molecule has 0 saturated heterocycles. The van der Waals surface area contributed by atoms with E-state index in [-0.39, 0.29) is 12.3 Å². The van der Waals surface area contributed by atoms with E-state index in [2.05, 4.69) is 15.0 Å². The van der Waals surface area contributed by atoms with E-state index >= 15 is 0 Å². The van der Waals surface area contributed by atoms with E-state index in [1.807, 2.05) is 0 Å². The summed E-state index contributed by atoms with van der Waals surface area (Å²) in [6, 6.07) is 0. The lowest BCUT2D eigenvalue weighted by molar-refractivity contribution is -0.137. The maximum Gasteiger partial charge on any atom is 0.304 e. The average Bonchev–Trinajstić information content (AvgIpc) is 3.18. The lowest BCUT2D eigenvalue weighted by atomic mass is 9.84. The minimum Gasteiger partial charge on any atom is -0.481 e. The van der Waals surface area contributed by atoms with E-state index in [1.54, 1.807) is 14.2 Å². The molecule has 0 spiro atoms. The monoisotopic (exact) mass is 411 g/mol. The van der Waals surface area contributed by atoms with Crippen molar-refractivity contribution in [1.29, 1.82) is 0 Å². The maximum absolute atomic E-state index is 11.3. The molecule has 0 aliphatic heterocycles. The first-order valence-corrected chi connectivity index (χ1v) is 10.9. The molecule has 8 nitrogen and oxygen atoms in total. The minimum atomic E-state index is -0.825. The van der Waals surface area contributed by atoms with Crippen molar-refractivity contribution in [2.45, 2.75) is 70.3 Å². The molecule has 1 aromatic heterocycles. The highest BCUT2D eigenvalue weighted by Crippen LogP contribution is 2.31. The molecule has 166 valence electrons. The molecule has 0 aromatic carbocycles. The lowest BCUT2D eigenvalue weighted by Gasteiger charge is -2.21. The third kappa shape index (κ3) is 9.23. The first-order valence-electron chi connectivity index (χ1n) is 10.9. The number of ether oxygens (including phenoxy) is 2. The van der Waals surface area contributed by atoms with E-state index in [0.29, 0.717) is 31.5 Å². The molecule has 1 aliphatic carbocycles. The van der Waals surface area contributed by atoms with Crippen molar-refractivity contribution < 1.29 is 23.9 Å². The predicted octanol–water partition coefficient (Wildman–Crippen LogP) is 3.47. The smallest absolute Gasteiger partial charge is 0.304 e. The molecular formula is C21H37N3O5. The third-order valence-corrected chi connectivity index (χ3v) is 5.73. The van der Waals surface area contributed by atoms with Crippen LogP contribution in [0, 0.1) is 5.92 Å². The molecule has 0 radical (unpaired) electrons. The van der Waals surface area contributed by atoms with Crippen LogP contribution in [-0.4, -0.2) is 66.6 Å². The van der Waals surface area contributed by atoms with Crippen molar-refractivity contribution in [2.24, 2.45) is 5.92 Å². The Bertz CT molecular complexity index is 566. The Morgan fingerprint density at radius 2 is 1.90 bits per heavy atom. The van der Waals surface area contributed by atoms with Gasteiger partial charge >= 0.3 is 5.97 Å². The molecule has 1 aromatic rings. The van der Waals surface area contributed by atoms with Crippen LogP contribution in [0.2, 0.25) is 0 Å². The van der Waals surface area contributed by atoms with Crippen LogP contribution in [-0.2, 0) is 20.8 Å². The van der Waals surface area contributed by atoms with Crippen molar-refractivity contribution in [1.82, 2.24) is 15.0 Å². The second-order valence-electron chi connectivity index (χ2n) is 8.04. The summed E-state index contributed by atoms with van der Waals surface area (Å²) < 4.78 is 15.8. The molecule has 2 rings (SSSR count). The maximum atomic E-state index is 11.3. The van der Waals surface area contributed by atoms with Crippen LogP contribution in [0.25, 0.3) is 0 Å². The largest absolute Gasteiger partial charge is 0.481 e. The summed E-state index contributed by atoms with van der Waals surface area (Å²) in [5.74, 6) is 0.778. The van der Waals surface area contributed by atoms with E-state index in [1.165, 1.54) is 38.5 Å². The topological polar surface area (TPSA) is 97.9 Å². The highest BCUT2D eigenvalue weighted by atomic mass is 16.5. The van der Waals surface area contributed by atoms with Gasteiger partial charge in [0, 0.05) is 33.2 Å². The Labute approximate surface area is 173 Å². The number of carbonyl (C=O) groups is 1. The van der Waals surface area contributed by atoms with Crippen LogP contribution < -0.4 is 0 Å². The molecular weight excluding hydrogens is 374 g/mol. The molecule has 1 aliphatic rings. The number of methoxy groups -OCH3 is 2. The van der Waals surface area contributed by atoms with Crippen LogP contribution in [0.5, 0.6) is 0 Å². The lowest BCUT2D eigenvalue weighted by Crippen LogP contribution is -2.30. The predicted molar refractivity (Wildman–Crippen MR) is 109 cm³/mol. The van der Waals surface area contributed by atoms with Gasteiger partial charge in [-0.05, 0) is 12.3 Å². The molecule has 8 heteroatoms. The Balaban J connectivity index is 1.90. The molecule has 1 atom stereocenters. The van der Waals surface area contributed by atoms with Crippen molar-refractivity contribution in [3.05, 3.63) is 11.7 Å². The number of nitrogens with zero attached hydrogens (tertiary/aromatic N) is 3. The van der Waals surface area contributed by atoms with Gasteiger partial charge in [-0.3, -0.25) is 9.69 Å². The fourth-order valence-corrected chi connectivity index (χ4v) is 4.06. The second kappa shape index (κ2) is 13.7. The van der Waals surface area contributed by atoms with Gasteiger partial charge in [-0.25, -0.2) is 0 Å². The van der Waals surface area contributed by atoms with E-state index in [0.717, 1.165) is 31.8 Å². The van der Waals surface area contributed by atoms with Gasteiger partial charge < -0.3 is 19.1 Å². The molecule has 1 fully saturated rings. The van der Waals surface area contributed by atoms with Gasteiger partial charge in [0.1, 0.15) is 0 Å². The fourth-order valence-electron chi connectivity index (χ4n) is 4.06. The average molecular weight is 412 g/mol. The summed E-state index contributed by atoms with van der Waals surface area (Å²) in [6.07, 6.45) is 9.63. The van der Waals surface area contributed by atoms with Crippen molar-refractivity contribution in [3.8, 4) is 0 Å². The SMILES string of the molecule is COCCN(CCOC)Cc1noc([C@H](CCCC2CCCCC2)CC(=O)O)n1. The Kier molecular flexibility index (Phi) is 11.2. The summed E-state index contributed by atoms with van der Waals surface area (Å²) in [5.41, 5.74) is 0. The van der Waals surface area contributed by atoms with Crippen LogP contribution >= 0.6 is 0 Å². The van der Waals surface area contributed by atoms with Crippen molar-refractivity contribution in [2.75, 3.05) is 40.5 Å². The van der Waals surface area contributed by atoms with Gasteiger partial charge in [-0.1, -0.05) is 50.1 Å². The molecule has 0 unspecified atom stereocenters. The van der Waals surface area contributed by atoms with Gasteiger partial charge in [0.25, 0.3) is 0 Å². The zero-order valence-corrected chi connectivity index (χ0v) is 18.0. The van der Waals surface area contributed by atoms with Crippen molar-refractivity contribution in [3.63, 3.8) is 0 Å². The van der Waals surface area contributed by atoms with Gasteiger partial charge in [0.15, 0.2) is 5.82 Å². The summed E-state index contributed by atoms with van der Waals surface area (Å²) >= 11 is 0. The first-order chi connectivity index (χ1) is 14.1. The molecule has 1 saturated carbocycles. The number of hydrogen-bond donors (Lipinski definition) is 1.